The van der Waals surface area contributed by atoms with Gasteiger partial charge in [-0.1, -0.05) is 6.07 Å². The van der Waals surface area contributed by atoms with Gasteiger partial charge in [-0.05, 0) is 60.8 Å². The van der Waals surface area contributed by atoms with Gasteiger partial charge in [-0.3, -0.25) is 9.69 Å². The molecule has 20 heavy (non-hydrogen) atoms. The van der Waals surface area contributed by atoms with Crippen molar-refractivity contribution in [1.82, 2.24) is 14.8 Å². The Kier molecular flexibility index (Phi) is 4.81. The smallest absolute Gasteiger partial charge is 0.242 e. The predicted octanol–water partition coefficient (Wildman–Crippen LogP) is 2.33. The fraction of sp³-hybridized carbons (Fsp3) is 0.600. The van der Waals surface area contributed by atoms with Crippen molar-refractivity contribution in [3.05, 3.63) is 28.5 Å². The van der Waals surface area contributed by atoms with Gasteiger partial charge in [0.1, 0.15) is 10.1 Å². The van der Waals surface area contributed by atoms with Crippen LogP contribution in [0, 0.1) is 0 Å². The molecular formula is C15H22BrN3O. The summed E-state index contributed by atoms with van der Waals surface area (Å²) < 4.78 is 0.870. The van der Waals surface area contributed by atoms with Crippen molar-refractivity contribution in [1.29, 1.82) is 0 Å². The first-order valence-corrected chi connectivity index (χ1v) is 7.79. The van der Waals surface area contributed by atoms with E-state index in [0.29, 0.717) is 0 Å². The Hall–Kier alpha value is -0.940. The molecule has 1 atom stereocenters. The van der Waals surface area contributed by atoms with Crippen molar-refractivity contribution in [3.63, 3.8) is 0 Å². The highest BCUT2D eigenvalue weighted by Gasteiger charge is 2.48. The first-order chi connectivity index (χ1) is 9.45. The Morgan fingerprint density at radius 1 is 1.50 bits per heavy atom. The van der Waals surface area contributed by atoms with Crippen LogP contribution in [0.25, 0.3) is 0 Å². The molecule has 1 aromatic heterocycles. The van der Waals surface area contributed by atoms with Gasteiger partial charge in [0, 0.05) is 26.3 Å². The van der Waals surface area contributed by atoms with Gasteiger partial charge in [0.15, 0.2) is 0 Å². The van der Waals surface area contributed by atoms with Crippen LogP contribution in [0.5, 0.6) is 0 Å². The summed E-state index contributed by atoms with van der Waals surface area (Å²) in [6, 6.07) is 5.97. The number of nitrogens with zero attached hydrogens (tertiary/aromatic N) is 3. The second-order valence-corrected chi connectivity index (χ2v) is 6.52. The number of amides is 1. The van der Waals surface area contributed by atoms with Gasteiger partial charge in [-0.2, -0.15) is 0 Å². The summed E-state index contributed by atoms with van der Waals surface area (Å²) in [5.74, 6) is 0.230. The van der Waals surface area contributed by atoms with Crippen LogP contribution < -0.4 is 0 Å². The number of halogens is 1. The van der Waals surface area contributed by atoms with Crippen LogP contribution in [0.1, 0.15) is 25.0 Å². The van der Waals surface area contributed by atoms with E-state index in [9.17, 15) is 4.79 Å². The molecule has 0 N–H and O–H groups in total. The summed E-state index contributed by atoms with van der Waals surface area (Å²) in [7, 11) is 5.72. The zero-order valence-corrected chi connectivity index (χ0v) is 14.0. The topological polar surface area (TPSA) is 36.4 Å². The standard InChI is InChI=1S/C15H22BrN3O/c1-18(2)14(20)15(10-11-19(15)3)9-5-7-12-6-4-8-13(16)17-12/h4,6,8H,5,7,9-11H2,1-3H3/t15-/m1/s1. The maximum absolute atomic E-state index is 12.4. The van der Waals surface area contributed by atoms with Crippen molar-refractivity contribution >= 4 is 21.8 Å². The van der Waals surface area contributed by atoms with Crippen LogP contribution in [0.3, 0.4) is 0 Å². The minimum atomic E-state index is -0.282. The third-order valence-corrected chi connectivity index (χ3v) is 4.63. The van der Waals surface area contributed by atoms with E-state index in [2.05, 4.69) is 25.8 Å². The number of hydrogen-bond acceptors (Lipinski definition) is 3. The zero-order chi connectivity index (χ0) is 14.8. The number of likely N-dealkylation sites (N-methyl/N-ethyl adjacent to an activating group) is 2. The Morgan fingerprint density at radius 2 is 2.25 bits per heavy atom. The molecule has 1 aliphatic rings. The van der Waals surface area contributed by atoms with Gasteiger partial charge in [0.25, 0.3) is 0 Å². The quantitative estimate of drug-likeness (QED) is 0.772. The average Bonchev–Trinajstić information content (AvgIpc) is 2.41. The molecule has 1 aliphatic heterocycles. The summed E-state index contributed by atoms with van der Waals surface area (Å²) >= 11 is 3.39. The molecular weight excluding hydrogens is 318 g/mol. The van der Waals surface area contributed by atoms with E-state index in [1.54, 1.807) is 4.90 Å². The summed E-state index contributed by atoms with van der Waals surface area (Å²) in [5, 5.41) is 0. The maximum atomic E-state index is 12.4. The highest BCUT2D eigenvalue weighted by Crippen LogP contribution is 2.35. The molecule has 1 amide bonds. The third kappa shape index (κ3) is 3.04. The normalized spacial score (nSPS) is 22.4. The fourth-order valence-electron chi connectivity index (χ4n) is 2.87. The van der Waals surface area contributed by atoms with Crippen molar-refractivity contribution in [3.8, 4) is 0 Å². The van der Waals surface area contributed by atoms with Crippen LogP contribution in [-0.2, 0) is 11.2 Å². The Labute approximate surface area is 129 Å². The molecule has 0 radical (unpaired) electrons. The summed E-state index contributed by atoms with van der Waals surface area (Å²) in [6.45, 7) is 1.01. The van der Waals surface area contributed by atoms with Gasteiger partial charge >= 0.3 is 0 Å². The van der Waals surface area contributed by atoms with E-state index in [4.69, 9.17) is 0 Å². The lowest BCUT2D eigenvalue weighted by Gasteiger charge is -2.50. The van der Waals surface area contributed by atoms with E-state index >= 15 is 0 Å². The van der Waals surface area contributed by atoms with Crippen LogP contribution in [-0.4, -0.2) is 53.9 Å². The number of carbonyl (C=O) groups is 1. The molecule has 4 nitrogen and oxygen atoms in total. The lowest BCUT2D eigenvalue weighted by atomic mass is 9.79. The predicted molar refractivity (Wildman–Crippen MR) is 83.5 cm³/mol. The number of carbonyl (C=O) groups excluding carboxylic acids is 1. The minimum Gasteiger partial charge on any atom is -0.347 e. The van der Waals surface area contributed by atoms with E-state index in [1.807, 2.05) is 39.3 Å². The van der Waals surface area contributed by atoms with Crippen molar-refractivity contribution in [2.75, 3.05) is 27.7 Å². The van der Waals surface area contributed by atoms with Crippen molar-refractivity contribution < 1.29 is 4.79 Å². The van der Waals surface area contributed by atoms with Gasteiger partial charge < -0.3 is 4.90 Å². The molecule has 2 heterocycles. The number of aromatic nitrogens is 1. The summed E-state index contributed by atoms with van der Waals surface area (Å²) in [4.78, 5) is 20.8. The Balaban J connectivity index is 1.95. The zero-order valence-electron chi connectivity index (χ0n) is 12.4. The van der Waals surface area contributed by atoms with Crippen LogP contribution in [0.15, 0.2) is 22.8 Å². The average molecular weight is 340 g/mol. The van der Waals surface area contributed by atoms with E-state index in [-0.39, 0.29) is 11.4 Å². The molecule has 0 spiro atoms. The molecule has 0 aliphatic carbocycles. The second-order valence-electron chi connectivity index (χ2n) is 5.71. The van der Waals surface area contributed by atoms with Crippen LogP contribution in [0.2, 0.25) is 0 Å². The van der Waals surface area contributed by atoms with E-state index in [1.165, 1.54) is 0 Å². The molecule has 110 valence electrons. The lowest BCUT2D eigenvalue weighted by Crippen LogP contribution is -2.65. The summed E-state index contributed by atoms with van der Waals surface area (Å²) in [6.07, 6.45) is 3.75. The molecule has 0 unspecified atom stereocenters. The Morgan fingerprint density at radius 3 is 2.75 bits per heavy atom. The van der Waals surface area contributed by atoms with Gasteiger partial charge in [0.05, 0.1) is 0 Å². The van der Waals surface area contributed by atoms with Crippen molar-refractivity contribution in [2.45, 2.75) is 31.2 Å². The third-order valence-electron chi connectivity index (χ3n) is 4.19. The lowest BCUT2D eigenvalue weighted by molar-refractivity contribution is -0.150. The first kappa shape index (κ1) is 15.4. The van der Waals surface area contributed by atoms with Crippen LogP contribution in [0.4, 0.5) is 0 Å². The Bertz CT molecular complexity index is 492. The number of aryl methyl sites for hydroxylation is 1. The molecule has 0 saturated carbocycles. The molecule has 2 rings (SSSR count). The molecule has 5 heteroatoms. The number of likely N-dealkylation sites (tertiary alicyclic amines) is 1. The van der Waals surface area contributed by atoms with E-state index < -0.39 is 0 Å². The first-order valence-electron chi connectivity index (χ1n) is 7.00. The number of rotatable bonds is 5. The molecule has 0 bridgehead atoms. The molecule has 1 fully saturated rings. The van der Waals surface area contributed by atoms with Gasteiger partial charge in [-0.25, -0.2) is 4.98 Å². The summed E-state index contributed by atoms with van der Waals surface area (Å²) in [5.41, 5.74) is 0.795. The maximum Gasteiger partial charge on any atom is 0.242 e. The fourth-order valence-corrected chi connectivity index (χ4v) is 3.25. The van der Waals surface area contributed by atoms with Gasteiger partial charge in [0.2, 0.25) is 5.91 Å². The van der Waals surface area contributed by atoms with Gasteiger partial charge in [-0.15, -0.1) is 0 Å². The highest BCUT2D eigenvalue weighted by atomic mass is 79.9. The van der Waals surface area contributed by atoms with Crippen molar-refractivity contribution in [2.24, 2.45) is 0 Å². The van der Waals surface area contributed by atoms with Crippen LogP contribution >= 0.6 is 15.9 Å². The largest absolute Gasteiger partial charge is 0.347 e. The highest BCUT2D eigenvalue weighted by molar-refractivity contribution is 9.10. The minimum absolute atomic E-state index is 0.230. The monoisotopic (exact) mass is 339 g/mol. The SMILES string of the molecule is CN(C)C(=O)[C@@]1(CCCc2cccc(Br)n2)CCN1C. The second kappa shape index (κ2) is 6.22. The molecule has 1 saturated heterocycles. The van der Waals surface area contributed by atoms with E-state index in [0.717, 1.165) is 42.5 Å². The number of hydrogen-bond donors (Lipinski definition) is 0. The molecule has 0 aromatic carbocycles. The molecule has 1 aromatic rings. The number of pyridine rings is 1.